The molecular weight excluding hydrogens is 771 g/mol. The van der Waals surface area contributed by atoms with E-state index < -0.39 is 0 Å². The van der Waals surface area contributed by atoms with Gasteiger partial charge in [-0.15, -0.1) is 0 Å². The van der Waals surface area contributed by atoms with E-state index in [9.17, 15) is 0 Å². The van der Waals surface area contributed by atoms with E-state index in [1.807, 2.05) is 0 Å². The lowest BCUT2D eigenvalue weighted by molar-refractivity contribution is 0.383. The molecule has 7 atom stereocenters. The minimum absolute atomic E-state index is 0.0969. The SMILES string of the molecule is CC(/C=C(\CC(N)c1ccccc1)C1=CC(C2Cc3cc4ccccc4cc3C3C=CC(C4C5=C(C=CCC5)c5c4ccc4ccccc54)=CC23)=C2C=CC=CC2C1)c1ccccc1. The number of hydrogen-bond acceptors (Lipinski definition) is 1. The van der Waals surface area contributed by atoms with Crippen LogP contribution >= 0.6 is 0 Å². The second kappa shape index (κ2) is 16.2. The summed E-state index contributed by atoms with van der Waals surface area (Å²) in [6.45, 7) is 2.35. The van der Waals surface area contributed by atoms with Crippen molar-refractivity contribution in [1.29, 1.82) is 0 Å². The van der Waals surface area contributed by atoms with E-state index in [2.05, 4.69) is 207 Å². The second-order valence-corrected chi connectivity index (χ2v) is 19.1. The number of hydrogen-bond donors (Lipinski definition) is 1. The van der Waals surface area contributed by atoms with E-state index in [0.717, 1.165) is 32.1 Å². The second-order valence-electron chi connectivity index (χ2n) is 19.1. The lowest BCUT2D eigenvalue weighted by Crippen LogP contribution is -2.32. The largest absolute Gasteiger partial charge is 0.324 e. The monoisotopic (exact) mass is 825 g/mol. The van der Waals surface area contributed by atoms with Crippen LogP contribution in [-0.4, -0.2) is 0 Å². The van der Waals surface area contributed by atoms with E-state index in [-0.39, 0.29) is 23.8 Å². The van der Waals surface area contributed by atoms with Crippen molar-refractivity contribution in [2.45, 2.75) is 62.8 Å². The molecule has 0 aromatic heterocycles. The van der Waals surface area contributed by atoms with Crippen LogP contribution in [0.15, 0.2) is 234 Å². The van der Waals surface area contributed by atoms with Crippen molar-refractivity contribution in [3.05, 3.63) is 267 Å². The van der Waals surface area contributed by atoms with Gasteiger partial charge in [-0.05, 0) is 138 Å². The van der Waals surface area contributed by atoms with Gasteiger partial charge in [-0.2, -0.15) is 0 Å². The van der Waals surface area contributed by atoms with Crippen molar-refractivity contribution in [1.82, 2.24) is 0 Å². The summed E-state index contributed by atoms with van der Waals surface area (Å²) in [5, 5.41) is 5.37. The van der Waals surface area contributed by atoms with Crippen molar-refractivity contribution >= 4 is 27.1 Å². The van der Waals surface area contributed by atoms with E-state index in [4.69, 9.17) is 5.73 Å². The zero-order valence-electron chi connectivity index (χ0n) is 36.7. The van der Waals surface area contributed by atoms with Gasteiger partial charge in [-0.3, -0.25) is 0 Å². The highest BCUT2D eigenvalue weighted by Crippen LogP contribution is 2.56. The molecule has 12 rings (SSSR count). The van der Waals surface area contributed by atoms with Crippen molar-refractivity contribution in [3.8, 4) is 0 Å². The van der Waals surface area contributed by atoms with Crippen LogP contribution in [0, 0.1) is 17.8 Å². The number of benzene rings is 6. The Morgan fingerprint density at radius 1 is 0.703 bits per heavy atom. The lowest BCUT2D eigenvalue weighted by atomic mass is 9.61. The molecule has 0 spiro atoms. The van der Waals surface area contributed by atoms with Crippen LogP contribution in [0.5, 0.6) is 0 Å². The topological polar surface area (TPSA) is 26.0 Å². The Hall–Kier alpha value is -6.54. The summed E-state index contributed by atoms with van der Waals surface area (Å²) in [4.78, 5) is 0. The molecule has 0 saturated heterocycles. The van der Waals surface area contributed by atoms with Gasteiger partial charge in [0.25, 0.3) is 0 Å². The molecule has 6 aromatic rings. The zero-order chi connectivity index (χ0) is 42.7. The van der Waals surface area contributed by atoms with Gasteiger partial charge in [-0.25, -0.2) is 0 Å². The summed E-state index contributed by atoms with van der Waals surface area (Å²) in [5.74, 6) is 1.73. The third-order valence-electron chi connectivity index (χ3n) is 15.5. The Kier molecular flexibility index (Phi) is 9.91. The van der Waals surface area contributed by atoms with Crippen LogP contribution < -0.4 is 5.73 Å². The fourth-order valence-electron chi connectivity index (χ4n) is 12.4. The van der Waals surface area contributed by atoms with Crippen molar-refractivity contribution < 1.29 is 0 Å². The Balaban J connectivity index is 1.02. The maximum Gasteiger partial charge on any atom is 0.0335 e. The van der Waals surface area contributed by atoms with E-state index in [1.54, 1.807) is 5.57 Å². The van der Waals surface area contributed by atoms with Gasteiger partial charge >= 0.3 is 0 Å². The van der Waals surface area contributed by atoms with Crippen molar-refractivity contribution in [2.75, 3.05) is 0 Å². The third-order valence-corrected chi connectivity index (χ3v) is 15.5. The predicted molar refractivity (Wildman–Crippen MR) is 269 cm³/mol. The first-order chi connectivity index (χ1) is 31.6. The molecule has 64 heavy (non-hydrogen) atoms. The van der Waals surface area contributed by atoms with Gasteiger partial charge in [-0.1, -0.05) is 213 Å². The molecule has 1 nitrogen and oxygen atoms in total. The third kappa shape index (κ3) is 6.81. The molecule has 0 amide bonds. The van der Waals surface area contributed by atoms with E-state index in [0.29, 0.717) is 17.8 Å². The fourth-order valence-corrected chi connectivity index (χ4v) is 12.4. The highest BCUT2D eigenvalue weighted by Gasteiger charge is 2.42. The van der Waals surface area contributed by atoms with E-state index >= 15 is 0 Å². The molecule has 0 radical (unpaired) electrons. The minimum Gasteiger partial charge on any atom is -0.324 e. The van der Waals surface area contributed by atoms with Crippen molar-refractivity contribution in [2.24, 2.45) is 23.5 Å². The molecule has 0 heterocycles. The smallest absolute Gasteiger partial charge is 0.0335 e. The first kappa shape index (κ1) is 39.1. The summed E-state index contributed by atoms with van der Waals surface area (Å²) in [7, 11) is 0. The van der Waals surface area contributed by atoms with Gasteiger partial charge < -0.3 is 5.73 Å². The molecule has 0 aliphatic heterocycles. The van der Waals surface area contributed by atoms with E-state index in [1.165, 1.54) is 88.4 Å². The summed E-state index contributed by atoms with van der Waals surface area (Å²) in [6.07, 6.45) is 32.4. The molecule has 0 saturated carbocycles. The average Bonchev–Trinajstić information content (AvgIpc) is 3.70. The molecule has 2 N–H and O–H groups in total. The fraction of sp³-hybridized carbons (Fsp3) is 0.206. The lowest BCUT2D eigenvalue weighted by Gasteiger charge is -2.43. The molecule has 6 aromatic carbocycles. The van der Waals surface area contributed by atoms with Crippen LogP contribution in [0.25, 0.3) is 27.1 Å². The molecule has 7 unspecified atom stereocenters. The van der Waals surface area contributed by atoms with Gasteiger partial charge in [0.1, 0.15) is 0 Å². The first-order valence-corrected chi connectivity index (χ1v) is 23.7. The highest BCUT2D eigenvalue weighted by molar-refractivity contribution is 6.02. The molecule has 0 bridgehead atoms. The maximum atomic E-state index is 7.17. The van der Waals surface area contributed by atoms with Gasteiger partial charge in [0, 0.05) is 23.8 Å². The Morgan fingerprint density at radius 2 is 1.45 bits per heavy atom. The van der Waals surface area contributed by atoms with Crippen LogP contribution in [0.3, 0.4) is 0 Å². The molecule has 0 fully saturated rings. The summed E-state index contributed by atoms with van der Waals surface area (Å²) < 4.78 is 0. The standard InChI is InChI=1S/C63H55N/c1-40(41-16-4-2-5-17-41)32-48(39-61(64)43-19-6-3-7-20-43)49-34-46-23-11-12-24-51(46)58(37-49)60-38-50-33-44-21-8-9-22-45(44)35-57(50)53-30-29-47(36-59(53)60)62-54-26-14-15-27-55(54)63-52-25-13-10-18-42(52)28-31-56(62)63/h2-13,15-25,27-33,35-37,40,46,53,59-62H,14,26,34,38-39,64H2,1H3/b48-32+. The number of rotatable bonds is 8. The molecule has 1 heteroatoms. The zero-order valence-corrected chi connectivity index (χ0v) is 36.7. The first-order valence-electron chi connectivity index (χ1n) is 23.7. The maximum absolute atomic E-state index is 7.17. The van der Waals surface area contributed by atoms with Crippen LogP contribution in [0.2, 0.25) is 0 Å². The summed E-state index contributed by atoms with van der Waals surface area (Å²) in [5.41, 5.74) is 26.0. The molecule has 6 aliphatic carbocycles. The van der Waals surface area contributed by atoms with Gasteiger partial charge in [0.05, 0.1) is 0 Å². The van der Waals surface area contributed by atoms with Gasteiger partial charge in [0.2, 0.25) is 0 Å². The molecule has 6 aliphatic rings. The Morgan fingerprint density at radius 3 is 2.28 bits per heavy atom. The van der Waals surface area contributed by atoms with Crippen LogP contribution in [-0.2, 0) is 6.42 Å². The summed E-state index contributed by atoms with van der Waals surface area (Å²) in [6, 6.07) is 49.4. The summed E-state index contributed by atoms with van der Waals surface area (Å²) >= 11 is 0. The Bertz CT molecular complexity index is 3120. The average molecular weight is 826 g/mol. The van der Waals surface area contributed by atoms with Crippen molar-refractivity contribution in [3.63, 3.8) is 0 Å². The van der Waals surface area contributed by atoms with Crippen LogP contribution in [0.4, 0.5) is 0 Å². The predicted octanol–water partition coefficient (Wildman–Crippen LogP) is 15.5. The number of allylic oxidation sites excluding steroid dienone is 17. The molecule has 312 valence electrons. The highest BCUT2D eigenvalue weighted by atomic mass is 14.6. The quantitative estimate of drug-likeness (QED) is 0.163. The number of fused-ring (bicyclic) bond motifs is 9. The minimum atomic E-state index is -0.0969. The Labute approximate surface area is 378 Å². The van der Waals surface area contributed by atoms with Crippen LogP contribution in [0.1, 0.15) is 89.8 Å². The van der Waals surface area contributed by atoms with Gasteiger partial charge in [0.15, 0.2) is 0 Å². The normalized spacial score (nSPS) is 24.2. The molecular formula is C63H55N. The number of nitrogens with two attached hydrogens (primary N) is 1.